The van der Waals surface area contributed by atoms with Crippen molar-refractivity contribution >= 4 is 12.0 Å². The van der Waals surface area contributed by atoms with Gasteiger partial charge in [0.25, 0.3) is 5.91 Å². The second kappa shape index (κ2) is 8.70. The first kappa shape index (κ1) is 18.3. The fourth-order valence-electron chi connectivity index (χ4n) is 2.55. The van der Waals surface area contributed by atoms with E-state index in [9.17, 15) is 9.59 Å². The molecular weight excluding hydrogens is 310 g/mol. The average molecular weight is 337 g/mol. The number of carbonyl (C=O) groups excluding carboxylic acids is 2. The number of rotatable bonds is 7. The van der Waals surface area contributed by atoms with Crippen molar-refractivity contribution < 1.29 is 18.8 Å². The van der Waals surface area contributed by atoms with Gasteiger partial charge in [0.1, 0.15) is 0 Å². The van der Waals surface area contributed by atoms with Crippen LogP contribution in [-0.2, 0) is 4.74 Å². The Morgan fingerprint density at radius 3 is 2.96 bits per heavy atom. The van der Waals surface area contributed by atoms with E-state index in [1.165, 1.54) is 0 Å². The molecule has 134 valence electrons. The fourth-order valence-corrected chi connectivity index (χ4v) is 2.55. The first-order valence-corrected chi connectivity index (χ1v) is 8.67. The third-order valence-corrected chi connectivity index (χ3v) is 4.16. The van der Waals surface area contributed by atoms with Crippen LogP contribution in [0.4, 0.5) is 4.79 Å². The van der Waals surface area contributed by atoms with Crippen LogP contribution in [0.25, 0.3) is 0 Å². The smallest absolute Gasteiger partial charge is 0.409 e. The minimum Gasteiger partial charge on any atom is -0.449 e. The van der Waals surface area contributed by atoms with Crippen LogP contribution in [0.2, 0.25) is 0 Å². The number of ether oxygens (including phenoxy) is 1. The van der Waals surface area contributed by atoms with Gasteiger partial charge in [-0.25, -0.2) is 4.79 Å². The number of aromatic nitrogens is 1. The maximum absolute atomic E-state index is 12.1. The zero-order valence-electron chi connectivity index (χ0n) is 14.7. The molecule has 24 heavy (non-hydrogen) atoms. The summed E-state index contributed by atoms with van der Waals surface area (Å²) in [5.74, 6) is 0.420. The second-order valence-electron chi connectivity index (χ2n) is 6.55. The minimum atomic E-state index is -0.265. The maximum atomic E-state index is 12.1. The Hall–Kier alpha value is -2.05. The van der Waals surface area contributed by atoms with Crippen LogP contribution >= 0.6 is 0 Å². The van der Waals surface area contributed by atoms with Crippen molar-refractivity contribution in [1.82, 2.24) is 15.4 Å². The molecule has 2 heterocycles. The molecule has 1 aliphatic rings. The lowest BCUT2D eigenvalue weighted by molar-refractivity contribution is 0.0909. The molecule has 1 aromatic rings. The SMILES string of the molecule is CCCCOC(=O)N1CCC(CNC(=O)c2cc(C(C)C)no2)C1. The van der Waals surface area contributed by atoms with Gasteiger partial charge in [0.2, 0.25) is 5.76 Å². The lowest BCUT2D eigenvalue weighted by Gasteiger charge is -2.16. The van der Waals surface area contributed by atoms with Crippen molar-refractivity contribution in [2.24, 2.45) is 5.92 Å². The summed E-state index contributed by atoms with van der Waals surface area (Å²) in [5, 5.41) is 6.74. The Morgan fingerprint density at radius 1 is 1.50 bits per heavy atom. The Morgan fingerprint density at radius 2 is 2.29 bits per heavy atom. The van der Waals surface area contributed by atoms with E-state index in [0.29, 0.717) is 26.2 Å². The van der Waals surface area contributed by atoms with Gasteiger partial charge >= 0.3 is 6.09 Å². The number of unbranched alkanes of at least 4 members (excludes halogenated alkanes) is 1. The number of carbonyl (C=O) groups is 2. The van der Waals surface area contributed by atoms with Gasteiger partial charge in [0.05, 0.1) is 12.3 Å². The predicted octanol–water partition coefficient (Wildman–Crippen LogP) is 2.79. The molecule has 1 fully saturated rings. The van der Waals surface area contributed by atoms with Crippen molar-refractivity contribution in [2.45, 2.75) is 46.0 Å². The van der Waals surface area contributed by atoms with Crippen LogP contribution in [0.1, 0.15) is 62.2 Å². The van der Waals surface area contributed by atoms with E-state index in [1.54, 1.807) is 11.0 Å². The van der Waals surface area contributed by atoms with Gasteiger partial charge in [0.15, 0.2) is 0 Å². The minimum absolute atomic E-state index is 0.220. The van der Waals surface area contributed by atoms with E-state index in [2.05, 4.69) is 17.4 Å². The van der Waals surface area contributed by atoms with Gasteiger partial charge in [0, 0.05) is 25.7 Å². The van der Waals surface area contributed by atoms with Crippen LogP contribution in [0.15, 0.2) is 10.6 Å². The number of likely N-dealkylation sites (tertiary alicyclic amines) is 1. The maximum Gasteiger partial charge on any atom is 0.409 e. The Bertz CT molecular complexity index is 556. The van der Waals surface area contributed by atoms with E-state index in [4.69, 9.17) is 9.26 Å². The highest BCUT2D eigenvalue weighted by Gasteiger charge is 2.27. The van der Waals surface area contributed by atoms with E-state index in [-0.39, 0.29) is 29.6 Å². The highest BCUT2D eigenvalue weighted by molar-refractivity contribution is 5.91. The first-order chi connectivity index (χ1) is 11.5. The van der Waals surface area contributed by atoms with Crippen LogP contribution in [0.5, 0.6) is 0 Å². The summed E-state index contributed by atoms with van der Waals surface area (Å²) in [6.45, 7) is 8.30. The molecule has 1 aromatic heterocycles. The molecule has 1 unspecified atom stereocenters. The topological polar surface area (TPSA) is 84.7 Å². The highest BCUT2D eigenvalue weighted by Crippen LogP contribution is 2.17. The molecule has 0 radical (unpaired) electrons. The fraction of sp³-hybridized carbons (Fsp3) is 0.706. The van der Waals surface area contributed by atoms with E-state index < -0.39 is 0 Å². The van der Waals surface area contributed by atoms with Crippen molar-refractivity contribution in [1.29, 1.82) is 0 Å². The van der Waals surface area contributed by atoms with E-state index in [1.807, 2.05) is 13.8 Å². The summed E-state index contributed by atoms with van der Waals surface area (Å²) in [4.78, 5) is 25.7. The summed E-state index contributed by atoms with van der Waals surface area (Å²) >= 11 is 0. The van der Waals surface area contributed by atoms with Crippen LogP contribution in [-0.4, -0.2) is 48.3 Å². The molecule has 1 aliphatic heterocycles. The van der Waals surface area contributed by atoms with Gasteiger partial charge in [-0.2, -0.15) is 0 Å². The average Bonchev–Trinajstić information content (AvgIpc) is 3.22. The largest absolute Gasteiger partial charge is 0.449 e. The van der Waals surface area contributed by atoms with E-state index in [0.717, 1.165) is 25.0 Å². The van der Waals surface area contributed by atoms with Gasteiger partial charge in [-0.3, -0.25) is 4.79 Å². The molecule has 1 saturated heterocycles. The molecule has 0 saturated carbocycles. The Balaban J connectivity index is 1.73. The molecular formula is C17H27N3O4. The van der Waals surface area contributed by atoms with Crippen molar-refractivity contribution in [3.63, 3.8) is 0 Å². The highest BCUT2D eigenvalue weighted by atomic mass is 16.6. The summed E-state index contributed by atoms with van der Waals surface area (Å²) in [6.07, 6.45) is 2.49. The summed E-state index contributed by atoms with van der Waals surface area (Å²) in [6, 6.07) is 1.67. The number of amides is 2. The number of nitrogens with zero attached hydrogens (tertiary/aromatic N) is 2. The van der Waals surface area contributed by atoms with Gasteiger partial charge in [-0.15, -0.1) is 0 Å². The Kier molecular flexibility index (Phi) is 6.63. The molecule has 2 amide bonds. The third kappa shape index (κ3) is 4.97. The van der Waals surface area contributed by atoms with Crippen molar-refractivity contribution in [2.75, 3.05) is 26.2 Å². The lowest BCUT2D eigenvalue weighted by atomic mass is 10.1. The quantitative estimate of drug-likeness (QED) is 0.773. The number of hydrogen-bond acceptors (Lipinski definition) is 5. The molecule has 7 heteroatoms. The van der Waals surface area contributed by atoms with Gasteiger partial charge in [-0.05, 0) is 24.7 Å². The van der Waals surface area contributed by atoms with Crippen LogP contribution in [0, 0.1) is 5.92 Å². The zero-order chi connectivity index (χ0) is 17.5. The molecule has 1 N–H and O–H groups in total. The Labute approximate surface area is 142 Å². The molecule has 0 bridgehead atoms. The van der Waals surface area contributed by atoms with Crippen LogP contribution in [0.3, 0.4) is 0 Å². The molecule has 0 aliphatic carbocycles. The summed E-state index contributed by atoms with van der Waals surface area (Å²) in [7, 11) is 0. The van der Waals surface area contributed by atoms with Gasteiger partial charge < -0.3 is 19.5 Å². The first-order valence-electron chi connectivity index (χ1n) is 8.67. The molecule has 0 spiro atoms. The monoisotopic (exact) mass is 337 g/mol. The van der Waals surface area contributed by atoms with Crippen molar-refractivity contribution in [3.8, 4) is 0 Å². The summed E-state index contributed by atoms with van der Waals surface area (Å²) in [5.41, 5.74) is 0.766. The predicted molar refractivity (Wildman–Crippen MR) is 88.9 cm³/mol. The molecule has 7 nitrogen and oxygen atoms in total. The molecule has 2 rings (SSSR count). The number of nitrogens with one attached hydrogen (secondary N) is 1. The van der Waals surface area contributed by atoms with Gasteiger partial charge in [-0.1, -0.05) is 32.3 Å². The summed E-state index contributed by atoms with van der Waals surface area (Å²) < 4.78 is 10.3. The second-order valence-corrected chi connectivity index (χ2v) is 6.55. The number of hydrogen-bond donors (Lipinski definition) is 1. The standard InChI is InChI=1S/C17H27N3O4/c1-4-5-8-23-17(22)20-7-6-13(11-20)10-18-16(21)15-9-14(12(2)3)19-24-15/h9,12-13H,4-8,10-11H2,1-3H3,(H,18,21). The van der Waals surface area contributed by atoms with Crippen molar-refractivity contribution in [3.05, 3.63) is 17.5 Å². The molecule has 1 atom stereocenters. The zero-order valence-corrected chi connectivity index (χ0v) is 14.7. The normalized spacial score (nSPS) is 17.3. The lowest BCUT2D eigenvalue weighted by Crippen LogP contribution is -2.33. The van der Waals surface area contributed by atoms with Crippen LogP contribution < -0.4 is 5.32 Å². The third-order valence-electron chi connectivity index (χ3n) is 4.16. The van der Waals surface area contributed by atoms with E-state index >= 15 is 0 Å². The molecule has 0 aromatic carbocycles.